The normalized spacial score (nSPS) is 13.6. The van der Waals surface area contributed by atoms with Crippen molar-refractivity contribution in [1.82, 2.24) is 0 Å². The Morgan fingerprint density at radius 2 is 1.46 bits per heavy atom. The zero-order valence-electron chi connectivity index (χ0n) is 18.7. The van der Waals surface area contributed by atoms with E-state index in [9.17, 15) is 0 Å². The summed E-state index contributed by atoms with van der Waals surface area (Å²) in [5.41, 5.74) is 2.74. The van der Waals surface area contributed by atoms with E-state index >= 15 is 0 Å². The molecular formula is C25H38NO2+. The van der Waals surface area contributed by atoms with Gasteiger partial charge >= 0.3 is 0 Å². The van der Waals surface area contributed by atoms with Gasteiger partial charge in [0.25, 0.3) is 0 Å². The molecule has 0 aliphatic rings. The van der Waals surface area contributed by atoms with Gasteiger partial charge in [-0.3, -0.25) is 0 Å². The number of nitrogens with zero attached hydrogens (tertiary/aromatic N) is 1. The fourth-order valence-electron chi connectivity index (χ4n) is 4.20. The average Bonchev–Trinajstić information content (AvgIpc) is 2.59. The summed E-state index contributed by atoms with van der Waals surface area (Å²) in [5, 5.41) is 0. The van der Waals surface area contributed by atoms with Gasteiger partial charge < -0.3 is 4.74 Å². The minimum absolute atomic E-state index is 0.179. The first-order valence-electron chi connectivity index (χ1n) is 10.3. The Hall–Kier alpha value is -1.84. The molecule has 0 saturated heterocycles. The summed E-state index contributed by atoms with van der Waals surface area (Å²) in [7, 11) is 4.16. The molecule has 0 radical (unpaired) electrons. The van der Waals surface area contributed by atoms with E-state index in [0.717, 1.165) is 12.3 Å². The third kappa shape index (κ3) is 6.65. The van der Waals surface area contributed by atoms with E-state index in [1.165, 1.54) is 11.1 Å². The standard InChI is InChI=1S/C25H38NO2/c1-20(2)24(25(3,4)5)22-15-11-12-16-23(22)27-17-18-28-26(6,7)19-21-13-9-8-10-14-21/h8-16,20,24H,17-19H2,1-7H3/q+1. The van der Waals surface area contributed by atoms with Crippen LogP contribution in [0.25, 0.3) is 0 Å². The monoisotopic (exact) mass is 384 g/mol. The van der Waals surface area contributed by atoms with E-state index in [1.54, 1.807) is 0 Å². The summed E-state index contributed by atoms with van der Waals surface area (Å²) < 4.78 is 6.65. The predicted molar refractivity (Wildman–Crippen MR) is 117 cm³/mol. The highest BCUT2D eigenvalue weighted by Crippen LogP contribution is 2.44. The maximum atomic E-state index is 6.17. The molecule has 0 aromatic heterocycles. The van der Waals surface area contributed by atoms with E-state index < -0.39 is 0 Å². The summed E-state index contributed by atoms with van der Waals surface area (Å²) in [6.45, 7) is 13.4. The lowest BCUT2D eigenvalue weighted by molar-refractivity contribution is -1.09. The van der Waals surface area contributed by atoms with Crippen LogP contribution in [0.4, 0.5) is 0 Å². The molecular weight excluding hydrogens is 346 g/mol. The Morgan fingerprint density at radius 3 is 2.07 bits per heavy atom. The molecule has 3 heteroatoms. The van der Waals surface area contributed by atoms with E-state index in [0.29, 0.717) is 29.7 Å². The largest absolute Gasteiger partial charge is 0.491 e. The van der Waals surface area contributed by atoms with Gasteiger partial charge in [-0.25, -0.2) is 0 Å². The molecule has 154 valence electrons. The molecule has 0 bridgehead atoms. The van der Waals surface area contributed by atoms with Gasteiger partial charge in [-0.2, -0.15) is 9.48 Å². The zero-order valence-corrected chi connectivity index (χ0v) is 18.7. The molecule has 2 aromatic carbocycles. The number of benzene rings is 2. The van der Waals surface area contributed by atoms with Gasteiger partial charge in [0.2, 0.25) is 0 Å². The van der Waals surface area contributed by atoms with Gasteiger partial charge in [0.1, 0.15) is 25.5 Å². The molecule has 2 aromatic rings. The number of quaternary nitrogens is 1. The summed E-state index contributed by atoms with van der Waals surface area (Å²) in [6.07, 6.45) is 0. The molecule has 1 atom stereocenters. The van der Waals surface area contributed by atoms with Crippen molar-refractivity contribution in [2.75, 3.05) is 27.3 Å². The molecule has 0 saturated carbocycles. The van der Waals surface area contributed by atoms with E-state index in [-0.39, 0.29) is 5.41 Å². The molecule has 28 heavy (non-hydrogen) atoms. The first-order chi connectivity index (χ1) is 13.1. The van der Waals surface area contributed by atoms with Crippen LogP contribution in [-0.4, -0.2) is 32.0 Å². The highest BCUT2D eigenvalue weighted by molar-refractivity contribution is 5.37. The second-order valence-corrected chi connectivity index (χ2v) is 9.52. The summed E-state index contributed by atoms with van der Waals surface area (Å²) in [5.74, 6) is 1.96. The Balaban J connectivity index is 1.96. The maximum absolute atomic E-state index is 6.17. The first kappa shape index (κ1) is 22.4. The van der Waals surface area contributed by atoms with E-state index in [4.69, 9.17) is 9.57 Å². The Bertz CT molecular complexity index is 717. The molecule has 3 nitrogen and oxygen atoms in total. The fourth-order valence-corrected chi connectivity index (χ4v) is 4.20. The number of rotatable bonds is 9. The van der Waals surface area contributed by atoms with Crippen molar-refractivity contribution in [3.05, 3.63) is 65.7 Å². The zero-order chi connectivity index (χ0) is 20.8. The van der Waals surface area contributed by atoms with Crippen LogP contribution in [0.2, 0.25) is 0 Å². The van der Waals surface area contributed by atoms with Crippen LogP contribution in [0.3, 0.4) is 0 Å². The Morgan fingerprint density at radius 1 is 0.857 bits per heavy atom. The molecule has 2 rings (SSSR count). The summed E-state index contributed by atoms with van der Waals surface area (Å²) >= 11 is 0. The molecule has 0 aliphatic heterocycles. The predicted octanol–water partition coefficient (Wildman–Crippen LogP) is 6.06. The van der Waals surface area contributed by atoms with Crippen molar-refractivity contribution >= 4 is 0 Å². The van der Waals surface area contributed by atoms with Gasteiger partial charge in [-0.05, 0) is 28.9 Å². The lowest BCUT2D eigenvalue weighted by Gasteiger charge is -2.35. The topological polar surface area (TPSA) is 18.5 Å². The number of ether oxygens (including phenoxy) is 1. The van der Waals surface area contributed by atoms with Crippen molar-refractivity contribution in [2.45, 2.75) is 47.1 Å². The molecule has 0 N–H and O–H groups in total. The molecule has 0 amide bonds. The van der Waals surface area contributed by atoms with Crippen LogP contribution in [-0.2, 0) is 11.4 Å². The first-order valence-corrected chi connectivity index (χ1v) is 10.3. The number of hydrogen-bond donors (Lipinski definition) is 0. The van der Waals surface area contributed by atoms with Crippen molar-refractivity contribution in [1.29, 1.82) is 0 Å². The lowest BCUT2D eigenvalue weighted by Crippen LogP contribution is -2.39. The van der Waals surface area contributed by atoms with Crippen LogP contribution in [0.5, 0.6) is 5.75 Å². The van der Waals surface area contributed by atoms with Crippen LogP contribution in [0, 0.1) is 11.3 Å². The highest BCUT2D eigenvalue weighted by Gasteiger charge is 2.31. The van der Waals surface area contributed by atoms with Crippen LogP contribution < -0.4 is 4.74 Å². The summed E-state index contributed by atoms with van der Waals surface area (Å²) in [4.78, 5) is 6.08. The number of hydrogen-bond acceptors (Lipinski definition) is 2. The third-order valence-electron chi connectivity index (χ3n) is 5.04. The number of para-hydroxylation sites is 1. The molecule has 0 aliphatic carbocycles. The SMILES string of the molecule is CC(C)C(c1ccccc1OCCO[N+](C)(C)Cc1ccccc1)C(C)(C)C. The van der Waals surface area contributed by atoms with Gasteiger partial charge in [-0.1, -0.05) is 83.1 Å². The van der Waals surface area contributed by atoms with Crippen molar-refractivity contribution in [3.8, 4) is 5.75 Å². The van der Waals surface area contributed by atoms with E-state index in [1.807, 2.05) is 6.07 Å². The third-order valence-corrected chi connectivity index (χ3v) is 5.04. The van der Waals surface area contributed by atoms with Crippen molar-refractivity contribution in [3.63, 3.8) is 0 Å². The average molecular weight is 385 g/mol. The quantitative estimate of drug-likeness (QED) is 0.297. The van der Waals surface area contributed by atoms with Gasteiger partial charge in [-0.15, -0.1) is 0 Å². The van der Waals surface area contributed by atoms with Gasteiger partial charge in [0.15, 0.2) is 0 Å². The van der Waals surface area contributed by atoms with Gasteiger partial charge in [0.05, 0.1) is 14.1 Å². The Kier molecular flexibility index (Phi) is 7.68. The van der Waals surface area contributed by atoms with Crippen LogP contribution >= 0.6 is 0 Å². The smallest absolute Gasteiger partial charge is 0.140 e. The number of hydroxylamine groups is 3. The molecule has 1 unspecified atom stereocenters. The minimum Gasteiger partial charge on any atom is -0.491 e. The van der Waals surface area contributed by atoms with Gasteiger partial charge in [0, 0.05) is 5.56 Å². The van der Waals surface area contributed by atoms with Crippen LogP contribution in [0.1, 0.15) is 51.7 Å². The second kappa shape index (κ2) is 9.58. The van der Waals surface area contributed by atoms with E-state index in [2.05, 4.69) is 97.2 Å². The molecule has 0 spiro atoms. The Labute approximate surface area is 171 Å². The second-order valence-electron chi connectivity index (χ2n) is 9.52. The van der Waals surface area contributed by atoms with Crippen molar-refractivity contribution in [2.24, 2.45) is 11.3 Å². The van der Waals surface area contributed by atoms with Crippen molar-refractivity contribution < 1.29 is 14.2 Å². The lowest BCUT2D eigenvalue weighted by atomic mass is 9.70. The highest BCUT2D eigenvalue weighted by atomic mass is 16.7. The minimum atomic E-state index is 0.179. The maximum Gasteiger partial charge on any atom is 0.140 e. The summed E-state index contributed by atoms with van der Waals surface area (Å²) in [6, 6.07) is 18.9. The fraction of sp³-hybridized carbons (Fsp3) is 0.520. The molecule has 0 heterocycles. The molecule has 0 fully saturated rings. The van der Waals surface area contributed by atoms with Crippen LogP contribution in [0.15, 0.2) is 54.6 Å².